The minimum Gasteiger partial charge on any atom is -0.349 e. The molecule has 3 atom stereocenters. The molecule has 2 aliphatic rings. The van der Waals surface area contributed by atoms with E-state index in [1.54, 1.807) is 32.3 Å². The van der Waals surface area contributed by atoms with Gasteiger partial charge in [-0.25, -0.2) is 22.9 Å². The first-order valence-electron chi connectivity index (χ1n) is 14.5. The summed E-state index contributed by atoms with van der Waals surface area (Å²) in [5.74, 6) is -4.79. The number of halogens is 5. The Morgan fingerprint density at radius 3 is 2.40 bits per heavy atom. The SMILES string of the molecule is CC[C@H](CC(=O)N[C@@H](c1cnn2cc([C@@H](NC(=O)c3nonc3C)C3CCC(F)(F)CC3)nc2c1)C1CC1)CC(F)(F)F. The van der Waals surface area contributed by atoms with Crippen LogP contribution in [0, 0.1) is 24.7 Å². The number of carbonyl (C=O) groups excluding carboxylic acids is 2. The molecule has 2 saturated carbocycles. The average Bonchev–Trinajstić information content (AvgIpc) is 3.54. The smallest absolute Gasteiger partial charge is 0.349 e. The lowest BCUT2D eigenvalue weighted by molar-refractivity contribution is -0.147. The second-order valence-electron chi connectivity index (χ2n) is 11.8. The molecule has 0 aromatic carbocycles. The van der Waals surface area contributed by atoms with E-state index < -0.39 is 48.3 Å². The van der Waals surface area contributed by atoms with Crippen LogP contribution in [0.1, 0.15) is 104 Å². The van der Waals surface area contributed by atoms with Crippen molar-refractivity contribution in [3.05, 3.63) is 41.1 Å². The van der Waals surface area contributed by atoms with Crippen LogP contribution in [0.4, 0.5) is 22.0 Å². The molecule has 3 aromatic heterocycles. The van der Waals surface area contributed by atoms with Crippen molar-refractivity contribution in [2.24, 2.45) is 17.8 Å². The van der Waals surface area contributed by atoms with E-state index in [2.05, 4.69) is 35.7 Å². The quantitative estimate of drug-likeness (QED) is 0.268. The average molecular weight is 612 g/mol. The Balaban J connectivity index is 1.37. The minimum absolute atomic E-state index is 0.0149. The molecule has 2 aliphatic carbocycles. The number of imidazole rings is 1. The first-order valence-corrected chi connectivity index (χ1v) is 14.5. The lowest BCUT2D eigenvalue weighted by Crippen LogP contribution is -2.37. The molecule has 2 fully saturated rings. The summed E-state index contributed by atoms with van der Waals surface area (Å²) in [5.41, 5.74) is 1.76. The third-order valence-electron chi connectivity index (χ3n) is 8.41. The predicted molar refractivity (Wildman–Crippen MR) is 142 cm³/mol. The van der Waals surface area contributed by atoms with Crippen LogP contribution >= 0.6 is 0 Å². The molecule has 10 nitrogen and oxygen atoms in total. The van der Waals surface area contributed by atoms with Gasteiger partial charge in [0.2, 0.25) is 11.8 Å². The third-order valence-corrected chi connectivity index (χ3v) is 8.41. The number of rotatable bonds is 11. The number of amides is 2. The van der Waals surface area contributed by atoms with Crippen LogP contribution in [-0.2, 0) is 4.79 Å². The van der Waals surface area contributed by atoms with Crippen molar-refractivity contribution >= 4 is 17.5 Å². The van der Waals surface area contributed by atoms with Gasteiger partial charge in [0.25, 0.3) is 5.91 Å². The van der Waals surface area contributed by atoms with E-state index >= 15 is 0 Å². The van der Waals surface area contributed by atoms with Gasteiger partial charge in [0.1, 0.15) is 5.69 Å². The lowest BCUT2D eigenvalue weighted by atomic mass is 9.81. The number of hydrogen-bond donors (Lipinski definition) is 2. The Morgan fingerprint density at radius 1 is 1.09 bits per heavy atom. The fourth-order valence-corrected chi connectivity index (χ4v) is 5.79. The molecule has 43 heavy (non-hydrogen) atoms. The monoisotopic (exact) mass is 611 g/mol. The number of aromatic nitrogens is 5. The van der Waals surface area contributed by atoms with Crippen LogP contribution < -0.4 is 10.6 Å². The first kappa shape index (κ1) is 30.8. The van der Waals surface area contributed by atoms with E-state index in [1.807, 2.05) is 0 Å². The van der Waals surface area contributed by atoms with Gasteiger partial charge >= 0.3 is 6.18 Å². The predicted octanol–water partition coefficient (Wildman–Crippen LogP) is 5.65. The zero-order valence-electron chi connectivity index (χ0n) is 23.8. The van der Waals surface area contributed by atoms with Crippen molar-refractivity contribution in [1.29, 1.82) is 0 Å². The zero-order chi connectivity index (χ0) is 30.9. The summed E-state index contributed by atoms with van der Waals surface area (Å²) in [6.07, 6.45) is -0.732. The Bertz CT molecular complexity index is 1440. The van der Waals surface area contributed by atoms with Crippen molar-refractivity contribution in [2.45, 2.75) is 95.8 Å². The van der Waals surface area contributed by atoms with Gasteiger partial charge in [0.15, 0.2) is 11.3 Å². The van der Waals surface area contributed by atoms with Crippen LogP contribution in [0.2, 0.25) is 0 Å². The number of fused-ring (bicyclic) bond motifs is 1. The molecule has 0 unspecified atom stereocenters. The van der Waals surface area contributed by atoms with Crippen LogP contribution in [0.5, 0.6) is 0 Å². The number of alkyl halides is 5. The maximum Gasteiger partial charge on any atom is 0.389 e. The molecule has 2 amide bonds. The molecule has 0 saturated heterocycles. The second-order valence-corrected chi connectivity index (χ2v) is 11.8. The largest absolute Gasteiger partial charge is 0.389 e. The molecule has 0 aliphatic heterocycles. The third kappa shape index (κ3) is 7.66. The highest BCUT2D eigenvalue weighted by Crippen LogP contribution is 2.43. The van der Waals surface area contributed by atoms with Crippen molar-refractivity contribution in [3.8, 4) is 0 Å². The topological polar surface area (TPSA) is 127 Å². The summed E-state index contributed by atoms with van der Waals surface area (Å²) in [6.45, 7) is 3.19. The summed E-state index contributed by atoms with van der Waals surface area (Å²) >= 11 is 0. The highest BCUT2D eigenvalue weighted by atomic mass is 19.4. The number of carbonyl (C=O) groups is 2. The van der Waals surface area contributed by atoms with Crippen molar-refractivity contribution in [2.75, 3.05) is 0 Å². The molecule has 3 heterocycles. The summed E-state index contributed by atoms with van der Waals surface area (Å²) in [6, 6.07) is 0.586. The molecule has 2 N–H and O–H groups in total. The van der Waals surface area contributed by atoms with E-state index in [-0.39, 0.29) is 61.7 Å². The van der Waals surface area contributed by atoms with Crippen LogP contribution in [-0.4, -0.2) is 48.8 Å². The van der Waals surface area contributed by atoms with Gasteiger partial charge in [0, 0.05) is 25.7 Å². The molecule has 0 spiro atoms. The van der Waals surface area contributed by atoms with E-state index in [1.165, 1.54) is 4.52 Å². The molecule has 234 valence electrons. The fraction of sp³-hybridized carbons (Fsp3) is 0.643. The molecular formula is C28H34F5N7O3. The summed E-state index contributed by atoms with van der Waals surface area (Å²) < 4.78 is 72.8. The molecule has 3 aromatic rings. The standard InChI is InChI=1S/C28H34F5N7O3/c1-3-16(12-28(31,32)33)10-22(41)36-24(17-4-5-17)19-11-21-35-20(14-40(21)34-13-19)25(18-6-8-27(29,30)9-7-18)37-26(42)23-15(2)38-43-39-23/h11,13-14,16-18,24-25H,3-10,12H2,1-2H3,(H,36,41)(H,37,42)/t16-,24-,25+/m1/s1. The maximum atomic E-state index is 14.0. The van der Waals surface area contributed by atoms with E-state index in [0.29, 0.717) is 16.9 Å². The van der Waals surface area contributed by atoms with Gasteiger partial charge in [-0.2, -0.15) is 18.3 Å². The summed E-state index contributed by atoms with van der Waals surface area (Å²) in [7, 11) is 0. The molecule has 15 heteroatoms. The van der Waals surface area contributed by atoms with Crippen LogP contribution in [0.15, 0.2) is 23.1 Å². The second kappa shape index (κ2) is 12.2. The van der Waals surface area contributed by atoms with Crippen LogP contribution in [0.3, 0.4) is 0 Å². The highest BCUT2D eigenvalue weighted by Gasteiger charge is 2.40. The normalized spacial score (nSPS) is 19.6. The Labute approximate surface area is 244 Å². The fourth-order valence-electron chi connectivity index (χ4n) is 5.79. The number of nitrogens with one attached hydrogen (secondary N) is 2. The number of hydrogen-bond acceptors (Lipinski definition) is 7. The van der Waals surface area contributed by atoms with Gasteiger partial charge in [0.05, 0.1) is 30.2 Å². The Morgan fingerprint density at radius 2 is 1.79 bits per heavy atom. The van der Waals surface area contributed by atoms with Crippen LogP contribution in [0.25, 0.3) is 5.65 Å². The van der Waals surface area contributed by atoms with Gasteiger partial charge in [-0.05, 0) is 67.1 Å². The summed E-state index contributed by atoms with van der Waals surface area (Å²) in [5, 5.41) is 17.5. The van der Waals surface area contributed by atoms with Gasteiger partial charge in [-0.1, -0.05) is 18.5 Å². The molecule has 0 radical (unpaired) electrons. The van der Waals surface area contributed by atoms with Gasteiger partial charge in [-0.3, -0.25) is 9.59 Å². The van der Waals surface area contributed by atoms with Gasteiger partial charge in [-0.15, -0.1) is 0 Å². The minimum atomic E-state index is -4.34. The molecular weight excluding hydrogens is 577 g/mol. The van der Waals surface area contributed by atoms with Crippen molar-refractivity contribution in [3.63, 3.8) is 0 Å². The summed E-state index contributed by atoms with van der Waals surface area (Å²) in [4.78, 5) is 30.5. The van der Waals surface area contributed by atoms with Gasteiger partial charge < -0.3 is 10.6 Å². The van der Waals surface area contributed by atoms with E-state index in [4.69, 9.17) is 0 Å². The Hall–Kier alpha value is -3.65. The first-order chi connectivity index (χ1) is 20.3. The van der Waals surface area contributed by atoms with Crippen molar-refractivity contribution in [1.82, 2.24) is 35.5 Å². The highest BCUT2D eigenvalue weighted by molar-refractivity contribution is 5.93. The maximum absolute atomic E-state index is 14.0. The molecule has 5 rings (SSSR count). The Kier molecular flexibility index (Phi) is 8.70. The number of nitrogens with zero attached hydrogens (tertiary/aromatic N) is 5. The van der Waals surface area contributed by atoms with Crippen molar-refractivity contribution < 1.29 is 36.2 Å². The van der Waals surface area contributed by atoms with E-state index in [9.17, 15) is 31.5 Å². The lowest BCUT2D eigenvalue weighted by Gasteiger charge is -2.33. The zero-order valence-corrected chi connectivity index (χ0v) is 23.8. The molecule has 0 bridgehead atoms. The van der Waals surface area contributed by atoms with E-state index in [0.717, 1.165) is 12.8 Å². The number of aryl methyl sites for hydroxylation is 1.